The van der Waals surface area contributed by atoms with Gasteiger partial charge in [-0.3, -0.25) is 4.68 Å². The molecule has 0 radical (unpaired) electrons. The molecule has 7 nitrogen and oxygen atoms in total. The van der Waals surface area contributed by atoms with Crippen molar-refractivity contribution >= 4 is 22.8 Å². The third-order valence-corrected chi connectivity index (χ3v) is 4.68. The molecule has 0 bridgehead atoms. The van der Waals surface area contributed by atoms with E-state index in [1.807, 2.05) is 22.5 Å². The van der Waals surface area contributed by atoms with E-state index in [0.717, 1.165) is 24.3 Å². The Morgan fingerprint density at radius 1 is 1.32 bits per heavy atom. The minimum atomic E-state index is 0.139. The van der Waals surface area contributed by atoms with Crippen LogP contribution in [0.1, 0.15) is 29.5 Å². The van der Waals surface area contributed by atoms with Crippen molar-refractivity contribution in [3.05, 3.63) is 35.3 Å². The third-order valence-electron chi connectivity index (χ3n) is 4.40. The predicted octanol–water partition coefficient (Wildman–Crippen LogP) is 1.48. The summed E-state index contributed by atoms with van der Waals surface area (Å²) >= 11 is 6.04. The molecule has 2 atom stereocenters. The Bertz CT molecular complexity index is 841. The van der Waals surface area contributed by atoms with Crippen molar-refractivity contribution in [3.63, 3.8) is 0 Å². The molecule has 8 heteroatoms. The fourth-order valence-electron chi connectivity index (χ4n) is 3.42. The first-order valence-corrected chi connectivity index (χ1v) is 7.50. The first-order chi connectivity index (χ1) is 10.7. The number of imidazole rings is 1. The summed E-state index contributed by atoms with van der Waals surface area (Å²) in [5, 5.41) is 14.3. The molecule has 3 aromatic rings. The van der Waals surface area contributed by atoms with Crippen LogP contribution < -0.4 is 0 Å². The first kappa shape index (κ1) is 13.7. The van der Waals surface area contributed by atoms with Crippen molar-refractivity contribution < 1.29 is 5.11 Å². The van der Waals surface area contributed by atoms with Crippen LogP contribution in [0.3, 0.4) is 0 Å². The van der Waals surface area contributed by atoms with Crippen LogP contribution in [0.4, 0.5) is 0 Å². The van der Waals surface area contributed by atoms with Crippen molar-refractivity contribution in [1.29, 1.82) is 0 Å². The molecule has 1 aliphatic rings. The minimum Gasteiger partial charge on any atom is -0.396 e. The number of hydrogen-bond acceptors (Lipinski definition) is 5. The fourth-order valence-corrected chi connectivity index (χ4v) is 3.59. The zero-order valence-electron chi connectivity index (χ0n) is 12.0. The molecule has 114 valence electrons. The van der Waals surface area contributed by atoms with Gasteiger partial charge < -0.3 is 9.67 Å². The summed E-state index contributed by atoms with van der Waals surface area (Å²) in [7, 11) is 1.92. The zero-order valence-corrected chi connectivity index (χ0v) is 12.8. The topological polar surface area (TPSA) is 81.6 Å². The Balaban J connectivity index is 1.70. The number of halogens is 1. The van der Waals surface area contributed by atoms with Gasteiger partial charge in [0.25, 0.3) is 0 Å². The molecule has 3 heterocycles. The van der Waals surface area contributed by atoms with E-state index in [2.05, 4.69) is 20.1 Å². The third kappa shape index (κ3) is 1.93. The van der Waals surface area contributed by atoms with Gasteiger partial charge in [0.15, 0.2) is 10.8 Å². The lowest BCUT2D eigenvalue weighted by atomic mass is 10.0. The SMILES string of the molecule is Cn1ncc2c1[C@@H](CO)C[C@H]2Cn1cnc2c(Cl)ncnc21. The average Bonchev–Trinajstić information content (AvgIpc) is 3.18. The number of aliphatic hydroxyl groups excluding tert-OH is 1. The van der Waals surface area contributed by atoms with Gasteiger partial charge in [0.1, 0.15) is 11.8 Å². The highest BCUT2D eigenvalue weighted by Gasteiger charge is 2.34. The zero-order chi connectivity index (χ0) is 15.3. The Hall–Kier alpha value is -1.99. The Kier molecular flexibility index (Phi) is 3.12. The Morgan fingerprint density at radius 3 is 3.00 bits per heavy atom. The fraction of sp³-hybridized carbons (Fsp3) is 0.429. The standard InChI is InChI=1S/C14H15ClN6O/c1-20-12-9(5-22)2-8(10(12)3-19-20)4-21-7-18-11-13(15)16-6-17-14(11)21/h3,6-9,22H,2,4-5H2,1H3/t8-,9+/m0/s1. The molecule has 0 fully saturated rings. The van der Waals surface area contributed by atoms with Gasteiger partial charge in [0.2, 0.25) is 0 Å². The van der Waals surface area contributed by atoms with Crippen LogP contribution >= 0.6 is 11.6 Å². The largest absolute Gasteiger partial charge is 0.396 e. The van der Waals surface area contributed by atoms with Gasteiger partial charge in [-0.1, -0.05) is 11.6 Å². The highest BCUT2D eigenvalue weighted by molar-refractivity contribution is 6.33. The number of hydrogen-bond donors (Lipinski definition) is 1. The highest BCUT2D eigenvalue weighted by Crippen LogP contribution is 2.42. The molecule has 1 N–H and O–H groups in total. The van der Waals surface area contributed by atoms with E-state index in [1.54, 1.807) is 6.33 Å². The van der Waals surface area contributed by atoms with E-state index in [-0.39, 0.29) is 18.4 Å². The number of nitrogens with zero attached hydrogens (tertiary/aromatic N) is 6. The van der Waals surface area contributed by atoms with E-state index >= 15 is 0 Å². The summed E-state index contributed by atoms with van der Waals surface area (Å²) < 4.78 is 3.85. The maximum absolute atomic E-state index is 9.61. The molecule has 3 aromatic heterocycles. The summed E-state index contributed by atoms with van der Waals surface area (Å²) in [4.78, 5) is 12.5. The van der Waals surface area contributed by atoms with Gasteiger partial charge >= 0.3 is 0 Å². The van der Waals surface area contributed by atoms with Crippen molar-refractivity contribution in [3.8, 4) is 0 Å². The van der Waals surface area contributed by atoms with E-state index in [0.29, 0.717) is 10.7 Å². The summed E-state index contributed by atoms with van der Waals surface area (Å²) in [5.41, 5.74) is 3.68. The molecular weight excluding hydrogens is 304 g/mol. The predicted molar refractivity (Wildman–Crippen MR) is 80.7 cm³/mol. The second-order valence-corrected chi connectivity index (χ2v) is 6.01. The normalized spacial score (nSPS) is 20.7. The Morgan fingerprint density at radius 2 is 2.18 bits per heavy atom. The number of aliphatic hydroxyl groups is 1. The van der Waals surface area contributed by atoms with Gasteiger partial charge in [-0.15, -0.1) is 0 Å². The summed E-state index contributed by atoms with van der Waals surface area (Å²) in [5.74, 6) is 0.424. The van der Waals surface area contributed by atoms with Crippen molar-refractivity contribution in [2.24, 2.45) is 7.05 Å². The van der Waals surface area contributed by atoms with Crippen LogP contribution in [0, 0.1) is 0 Å². The van der Waals surface area contributed by atoms with Crippen LogP contribution in [0.25, 0.3) is 11.2 Å². The Labute approximate surface area is 131 Å². The maximum Gasteiger partial charge on any atom is 0.164 e. The van der Waals surface area contributed by atoms with Gasteiger partial charge in [0, 0.05) is 31.1 Å². The van der Waals surface area contributed by atoms with Gasteiger partial charge in [0.05, 0.1) is 19.1 Å². The van der Waals surface area contributed by atoms with Crippen molar-refractivity contribution in [2.75, 3.05) is 6.61 Å². The maximum atomic E-state index is 9.61. The molecule has 0 amide bonds. The summed E-state index contributed by atoms with van der Waals surface area (Å²) in [6.07, 6.45) is 5.99. The molecule has 4 rings (SSSR count). The lowest BCUT2D eigenvalue weighted by Gasteiger charge is -2.12. The smallest absolute Gasteiger partial charge is 0.164 e. The molecule has 0 spiro atoms. The lowest BCUT2D eigenvalue weighted by Crippen LogP contribution is -2.08. The van der Waals surface area contributed by atoms with E-state index in [1.165, 1.54) is 11.9 Å². The first-order valence-electron chi connectivity index (χ1n) is 7.13. The second-order valence-electron chi connectivity index (χ2n) is 5.65. The number of rotatable bonds is 3. The second kappa shape index (κ2) is 5.03. The van der Waals surface area contributed by atoms with E-state index < -0.39 is 0 Å². The molecule has 0 saturated carbocycles. The highest BCUT2D eigenvalue weighted by atomic mass is 35.5. The summed E-state index contributed by atoms with van der Waals surface area (Å²) in [6.45, 7) is 0.876. The minimum absolute atomic E-state index is 0.139. The lowest BCUT2D eigenvalue weighted by molar-refractivity contribution is 0.255. The summed E-state index contributed by atoms with van der Waals surface area (Å²) in [6, 6.07) is 0. The average molecular weight is 319 g/mol. The van der Waals surface area contributed by atoms with Crippen LogP contribution in [0.2, 0.25) is 5.15 Å². The molecule has 0 unspecified atom stereocenters. The van der Waals surface area contributed by atoms with Gasteiger partial charge in [-0.2, -0.15) is 5.10 Å². The monoisotopic (exact) mass is 318 g/mol. The van der Waals surface area contributed by atoms with E-state index in [9.17, 15) is 5.11 Å². The number of aromatic nitrogens is 6. The number of aryl methyl sites for hydroxylation is 1. The molecule has 0 aliphatic heterocycles. The molecule has 22 heavy (non-hydrogen) atoms. The number of fused-ring (bicyclic) bond motifs is 2. The molecule has 1 aliphatic carbocycles. The van der Waals surface area contributed by atoms with Crippen molar-refractivity contribution in [2.45, 2.75) is 24.8 Å². The van der Waals surface area contributed by atoms with Crippen LogP contribution in [0.5, 0.6) is 0 Å². The van der Waals surface area contributed by atoms with E-state index in [4.69, 9.17) is 11.6 Å². The molecule has 0 aromatic carbocycles. The van der Waals surface area contributed by atoms with Crippen LogP contribution in [-0.2, 0) is 13.6 Å². The quantitative estimate of drug-likeness (QED) is 0.740. The molecule has 0 saturated heterocycles. The van der Waals surface area contributed by atoms with Gasteiger partial charge in [-0.05, 0) is 12.0 Å². The molecular formula is C14H15ClN6O. The van der Waals surface area contributed by atoms with Gasteiger partial charge in [-0.25, -0.2) is 15.0 Å². The van der Waals surface area contributed by atoms with Crippen LogP contribution in [-0.4, -0.2) is 41.0 Å². The van der Waals surface area contributed by atoms with Crippen LogP contribution in [0.15, 0.2) is 18.9 Å². The van der Waals surface area contributed by atoms with Crippen molar-refractivity contribution in [1.82, 2.24) is 29.3 Å².